The van der Waals surface area contributed by atoms with E-state index in [1.807, 2.05) is 0 Å². The summed E-state index contributed by atoms with van der Waals surface area (Å²) in [4.78, 5) is 2.55. The van der Waals surface area contributed by atoms with Crippen molar-refractivity contribution in [3.8, 4) is 9.85 Å². The van der Waals surface area contributed by atoms with Crippen LogP contribution >= 0.6 is 22.6 Å². The number of hydrogen-bond acceptors (Lipinski definition) is 2. The van der Waals surface area contributed by atoms with Gasteiger partial charge in [0.25, 0.3) is 0 Å². The minimum Gasteiger partial charge on any atom is -0.378 e. The predicted octanol–water partition coefficient (Wildman–Crippen LogP) is 1.49. The summed E-state index contributed by atoms with van der Waals surface area (Å²) < 4.78 is 8.18. The number of hydrogen-bond donors (Lipinski definition) is 0. The van der Waals surface area contributed by atoms with Crippen molar-refractivity contribution in [3.05, 3.63) is 0 Å². The molecule has 2 fully saturated rings. The zero-order chi connectivity index (χ0) is 9.10. The summed E-state index contributed by atoms with van der Waals surface area (Å²) in [7, 11) is 0. The van der Waals surface area contributed by atoms with E-state index >= 15 is 0 Å². The summed E-state index contributed by atoms with van der Waals surface area (Å²) >= 11 is 2.13. The van der Waals surface area contributed by atoms with E-state index in [2.05, 4.69) is 37.3 Å². The Morgan fingerprint density at radius 2 is 1.92 bits per heavy atom. The van der Waals surface area contributed by atoms with Gasteiger partial charge >= 0.3 is 0 Å². The second kappa shape index (κ2) is 4.63. The summed E-state index contributed by atoms with van der Waals surface area (Å²) in [6.45, 7) is 4.32. The van der Waals surface area contributed by atoms with E-state index < -0.39 is 0 Å². The molecule has 2 saturated heterocycles. The van der Waals surface area contributed by atoms with E-state index in [9.17, 15) is 0 Å². The van der Waals surface area contributed by atoms with Gasteiger partial charge in [-0.25, -0.2) is 0 Å². The molecule has 0 aromatic heterocycles. The van der Waals surface area contributed by atoms with Crippen molar-refractivity contribution >= 4 is 22.6 Å². The molecule has 0 atom stereocenters. The molecule has 0 radical (unpaired) electrons. The number of nitrogens with zero attached hydrogens (tertiary/aromatic N) is 1. The van der Waals surface area contributed by atoms with Gasteiger partial charge in [0.2, 0.25) is 0 Å². The van der Waals surface area contributed by atoms with Crippen LogP contribution < -0.4 is 0 Å². The molecule has 72 valence electrons. The van der Waals surface area contributed by atoms with Gasteiger partial charge < -0.3 is 4.74 Å². The predicted molar refractivity (Wildman–Crippen MR) is 60.7 cm³/mol. The lowest BCUT2D eigenvalue weighted by Gasteiger charge is -2.40. The highest BCUT2D eigenvalue weighted by molar-refractivity contribution is 14.1. The first kappa shape index (κ1) is 9.75. The zero-order valence-electron chi connectivity index (χ0n) is 7.63. The number of halogens is 1. The van der Waals surface area contributed by atoms with Crippen molar-refractivity contribution in [2.24, 2.45) is 5.92 Å². The second-order valence-electron chi connectivity index (χ2n) is 3.74. The van der Waals surface area contributed by atoms with Gasteiger partial charge in [-0.1, -0.05) is 5.92 Å². The fraction of sp³-hybridized carbons (Fsp3) is 0.800. The van der Waals surface area contributed by atoms with Crippen molar-refractivity contribution in [2.45, 2.75) is 18.9 Å². The topological polar surface area (TPSA) is 12.5 Å². The molecule has 0 bridgehead atoms. The molecule has 0 aromatic rings. The molecular weight excluding hydrogens is 277 g/mol. The maximum absolute atomic E-state index is 5.19. The van der Waals surface area contributed by atoms with Gasteiger partial charge in [-0.15, -0.1) is 0 Å². The standard InChI is InChI=1S/C10H14INO/c11-4-1-9-2-5-12(6-3-9)10-7-13-8-10/h9-10H,2-3,5-8H2. The molecule has 2 heterocycles. The van der Waals surface area contributed by atoms with Gasteiger partial charge in [0.15, 0.2) is 0 Å². The summed E-state index contributed by atoms with van der Waals surface area (Å²) in [5, 5.41) is 0. The van der Waals surface area contributed by atoms with E-state index in [0.717, 1.165) is 13.2 Å². The van der Waals surface area contributed by atoms with Crippen molar-refractivity contribution in [2.75, 3.05) is 26.3 Å². The average Bonchev–Trinajstić information content (AvgIpc) is 2.06. The Balaban J connectivity index is 1.77. The van der Waals surface area contributed by atoms with Gasteiger partial charge in [0.05, 0.1) is 19.3 Å². The Morgan fingerprint density at radius 1 is 1.23 bits per heavy atom. The fourth-order valence-electron chi connectivity index (χ4n) is 1.92. The van der Waals surface area contributed by atoms with Crippen LogP contribution in [0.15, 0.2) is 0 Å². The third kappa shape index (κ3) is 2.36. The summed E-state index contributed by atoms with van der Waals surface area (Å²) in [6, 6.07) is 0.716. The number of likely N-dealkylation sites (tertiary alicyclic amines) is 1. The van der Waals surface area contributed by atoms with Crippen molar-refractivity contribution in [3.63, 3.8) is 0 Å². The van der Waals surface area contributed by atoms with Gasteiger partial charge in [-0.2, -0.15) is 0 Å². The SMILES string of the molecule is IC#CC1CCN(C2COC2)CC1. The maximum Gasteiger partial charge on any atom is 0.0645 e. The molecule has 0 aliphatic carbocycles. The number of rotatable bonds is 1. The normalized spacial score (nSPS) is 26.2. The van der Waals surface area contributed by atoms with E-state index in [-0.39, 0.29) is 0 Å². The lowest BCUT2D eigenvalue weighted by molar-refractivity contribution is -0.0719. The highest BCUT2D eigenvalue weighted by Gasteiger charge is 2.28. The Hall–Kier alpha value is 0.210. The average molecular weight is 291 g/mol. The van der Waals surface area contributed by atoms with Crippen LogP contribution in [0.1, 0.15) is 12.8 Å². The number of ether oxygens (including phenoxy) is 1. The molecule has 0 amide bonds. The summed E-state index contributed by atoms with van der Waals surface area (Å²) in [6.07, 6.45) is 2.49. The Kier molecular flexibility index (Phi) is 3.47. The molecule has 2 aliphatic heterocycles. The van der Waals surface area contributed by atoms with E-state index in [4.69, 9.17) is 4.74 Å². The van der Waals surface area contributed by atoms with Crippen LogP contribution in [0.3, 0.4) is 0 Å². The van der Waals surface area contributed by atoms with Crippen molar-refractivity contribution in [1.29, 1.82) is 0 Å². The van der Waals surface area contributed by atoms with Crippen molar-refractivity contribution < 1.29 is 4.74 Å². The van der Waals surface area contributed by atoms with Crippen LogP contribution in [-0.4, -0.2) is 37.2 Å². The molecule has 0 N–H and O–H groups in total. The molecule has 2 nitrogen and oxygen atoms in total. The monoisotopic (exact) mass is 291 g/mol. The van der Waals surface area contributed by atoms with Crippen LogP contribution in [-0.2, 0) is 4.74 Å². The van der Waals surface area contributed by atoms with Crippen LogP contribution in [0.4, 0.5) is 0 Å². The first-order chi connectivity index (χ1) is 6.40. The minimum absolute atomic E-state index is 0.647. The van der Waals surface area contributed by atoms with Crippen molar-refractivity contribution in [1.82, 2.24) is 4.90 Å². The molecule has 0 saturated carbocycles. The van der Waals surface area contributed by atoms with E-state index in [1.54, 1.807) is 0 Å². The zero-order valence-corrected chi connectivity index (χ0v) is 9.79. The minimum atomic E-state index is 0.647. The van der Waals surface area contributed by atoms with Gasteiger partial charge in [0.1, 0.15) is 0 Å². The summed E-state index contributed by atoms with van der Waals surface area (Å²) in [5.41, 5.74) is 0. The molecule has 2 rings (SSSR count). The van der Waals surface area contributed by atoms with Gasteiger partial charge in [0, 0.05) is 28.5 Å². The first-order valence-corrected chi connectivity index (χ1v) is 5.91. The quantitative estimate of drug-likeness (QED) is 0.536. The second-order valence-corrected chi connectivity index (χ2v) is 4.28. The van der Waals surface area contributed by atoms with Crippen LogP contribution in [0, 0.1) is 15.8 Å². The Bertz CT molecular complexity index is 221. The van der Waals surface area contributed by atoms with Crippen LogP contribution in [0.2, 0.25) is 0 Å². The molecule has 2 aliphatic rings. The molecule has 3 heteroatoms. The van der Waals surface area contributed by atoms with Crippen LogP contribution in [0.25, 0.3) is 0 Å². The van der Waals surface area contributed by atoms with Gasteiger partial charge in [-0.05, 0) is 29.9 Å². The fourth-order valence-corrected chi connectivity index (χ4v) is 2.36. The summed E-state index contributed by atoms with van der Waals surface area (Å²) in [5.74, 6) is 3.91. The highest BCUT2D eigenvalue weighted by Crippen LogP contribution is 2.21. The molecule has 0 aromatic carbocycles. The molecule has 13 heavy (non-hydrogen) atoms. The lowest BCUT2D eigenvalue weighted by Crippen LogP contribution is -2.51. The molecule has 0 spiro atoms. The van der Waals surface area contributed by atoms with E-state index in [1.165, 1.54) is 25.9 Å². The first-order valence-electron chi connectivity index (χ1n) is 4.83. The van der Waals surface area contributed by atoms with E-state index in [0.29, 0.717) is 12.0 Å². The smallest absolute Gasteiger partial charge is 0.0645 e. The third-order valence-electron chi connectivity index (χ3n) is 2.93. The molecule has 0 unspecified atom stereocenters. The maximum atomic E-state index is 5.19. The number of piperidine rings is 1. The van der Waals surface area contributed by atoms with Crippen LogP contribution in [0.5, 0.6) is 0 Å². The van der Waals surface area contributed by atoms with Gasteiger partial charge in [-0.3, -0.25) is 4.90 Å². The third-order valence-corrected chi connectivity index (χ3v) is 3.24. The molecular formula is C10H14INO. The Labute approximate surface area is 93.1 Å². The lowest BCUT2D eigenvalue weighted by atomic mass is 9.96. The highest BCUT2D eigenvalue weighted by atomic mass is 127. The Morgan fingerprint density at radius 3 is 2.38 bits per heavy atom. The largest absolute Gasteiger partial charge is 0.378 e.